The van der Waals surface area contributed by atoms with Gasteiger partial charge in [0.2, 0.25) is 0 Å². The highest BCUT2D eigenvalue weighted by atomic mass is 32.1. The van der Waals surface area contributed by atoms with Gasteiger partial charge >= 0.3 is 12.1 Å². The van der Waals surface area contributed by atoms with E-state index in [2.05, 4.69) is 15.1 Å². The van der Waals surface area contributed by atoms with Gasteiger partial charge in [0.1, 0.15) is 11.6 Å². The van der Waals surface area contributed by atoms with Crippen LogP contribution in [0.5, 0.6) is 0 Å². The molecule has 0 bridgehead atoms. The Morgan fingerprint density at radius 2 is 1.71 bits per heavy atom. The van der Waals surface area contributed by atoms with Crippen LogP contribution in [-0.2, 0) is 17.5 Å². The molecule has 10 heteroatoms. The summed E-state index contributed by atoms with van der Waals surface area (Å²) in [5.74, 6) is -0.855. The Kier molecular flexibility index (Phi) is 5.58. The minimum absolute atomic E-state index is 0.0725. The minimum Gasteiger partial charge on any atom is -0.452 e. The standard InChI is InChI=1S/C24H15F3N4O2S/c25-24(26,27)16-9-6-10-17(13-16)31-22(15-7-2-1-3-8-15)29-21(30-31)23(32)33-14-20-28-18-11-4-5-12-19(18)34-20/h1-13H,14H2. The fraction of sp³-hybridized carbons (Fsp3) is 0.0833. The summed E-state index contributed by atoms with van der Waals surface area (Å²) in [6, 6.07) is 21.0. The van der Waals surface area contributed by atoms with E-state index in [4.69, 9.17) is 4.74 Å². The molecule has 0 aliphatic rings. The molecule has 0 spiro atoms. The number of rotatable bonds is 5. The van der Waals surface area contributed by atoms with Crippen molar-refractivity contribution in [2.75, 3.05) is 0 Å². The van der Waals surface area contributed by atoms with Crippen LogP contribution in [0.25, 0.3) is 27.3 Å². The molecule has 5 rings (SSSR count). The van der Waals surface area contributed by atoms with Crippen molar-refractivity contribution >= 4 is 27.5 Å². The van der Waals surface area contributed by atoms with Gasteiger partial charge in [-0.15, -0.1) is 16.4 Å². The van der Waals surface area contributed by atoms with E-state index >= 15 is 0 Å². The molecule has 0 atom stereocenters. The van der Waals surface area contributed by atoms with Crippen LogP contribution in [0.3, 0.4) is 0 Å². The molecule has 0 saturated heterocycles. The van der Waals surface area contributed by atoms with Crippen LogP contribution in [0.4, 0.5) is 13.2 Å². The molecule has 0 radical (unpaired) electrons. The summed E-state index contributed by atoms with van der Waals surface area (Å²) in [7, 11) is 0. The van der Waals surface area contributed by atoms with Crippen LogP contribution in [0.1, 0.15) is 21.2 Å². The van der Waals surface area contributed by atoms with Crippen molar-refractivity contribution in [3.8, 4) is 17.1 Å². The molecule has 0 N–H and O–H groups in total. The van der Waals surface area contributed by atoms with Crippen molar-refractivity contribution in [1.82, 2.24) is 19.7 Å². The maximum Gasteiger partial charge on any atom is 0.416 e. The Labute approximate surface area is 195 Å². The third kappa shape index (κ3) is 4.40. The molecule has 34 heavy (non-hydrogen) atoms. The van der Waals surface area contributed by atoms with Crippen molar-refractivity contribution in [1.29, 1.82) is 0 Å². The number of carbonyl (C=O) groups is 1. The summed E-state index contributed by atoms with van der Waals surface area (Å²) < 4.78 is 47.3. The largest absolute Gasteiger partial charge is 0.452 e. The van der Waals surface area contributed by atoms with Crippen molar-refractivity contribution < 1.29 is 22.7 Å². The zero-order chi connectivity index (χ0) is 23.7. The van der Waals surface area contributed by atoms with Gasteiger partial charge in [0.05, 0.1) is 21.5 Å². The maximum absolute atomic E-state index is 13.3. The maximum atomic E-state index is 13.3. The topological polar surface area (TPSA) is 69.9 Å². The van der Waals surface area contributed by atoms with Gasteiger partial charge in [-0.25, -0.2) is 19.4 Å². The summed E-state index contributed by atoms with van der Waals surface area (Å²) in [4.78, 5) is 21.4. The van der Waals surface area contributed by atoms with Gasteiger partial charge < -0.3 is 4.74 Å². The molecule has 0 aliphatic heterocycles. The van der Waals surface area contributed by atoms with Gasteiger partial charge in [0, 0.05) is 5.56 Å². The lowest BCUT2D eigenvalue weighted by Crippen LogP contribution is -2.09. The predicted molar refractivity (Wildman–Crippen MR) is 121 cm³/mol. The summed E-state index contributed by atoms with van der Waals surface area (Å²) >= 11 is 1.40. The van der Waals surface area contributed by atoms with E-state index in [9.17, 15) is 18.0 Å². The summed E-state index contributed by atoms with van der Waals surface area (Å²) in [6.07, 6.45) is -4.53. The predicted octanol–water partition coefficient (Wildman–Crippen LogP) is 5.92. The fourth-order valence-electron chi connectivity index (χ4n) is 3.34. The first-order chi connectivity index (χ1) is 16.4. The summed E-state index contributed by atoms with van der Waals surface area (Å²) in [6.45, 7) is -0.0725. The van der Waals surface area contributed by atoms with E-state index in [-0.39, 0.29) is 23.9 Å². The third-order valence-corrected chi connectivity index (χ3v) is 5.91. The van der Waals surface area contributed by atoms with E-state index in [0.29, 0.717) is 10.6 Å². The molecular weight excluding hydrogens is 465 g/mol. The summed E-state index contributed by atoms with van der Waals surface area (Å²) in [5.41, 5.74) is 0.667. The smallest absolute Gasteiger partial charge is 0.416 e. The molecule has 170 valence electrons. The zero-order valence-electron chi connectivity index (χ0n) is 17.4. The average molecular weight is 480 g/mol. The number of alkyl halides is 3. The van der Waals surface area contributed by atoms with Crippen molar-refractivity contribution in [3.63, 3.8) is 0 Å². The lowest BCUT2D eigenvalue weighted by Gasteiger charge is -2.10. The molecule has 0 aliphatic carbocycles. The van der Waals surface area contributed by atoms with E-state index < -0.39 is 17.7 Å². The minimum atomic E-state index is -4.53. The van der Waals surface area contributed by atoms with Crippen molar-refractivity contribution in [3.05, 3.63) is 95.3 Å². The highest BCUT2D eigenvalue weighted by Crippen LogP contribution is 2.31. The molecule has 5 aromatic rings. The SMILES string of the molecule is O=C(OCc1nc2ccccc2s1)c1nc(-c2ccccc2)n(-c2cccc(C(F)(F)F)c2)n1. The number of hydrogen-bond acceptors (Lipinski definition) is 6. The quantitative estimate of drug-likeness (QED) is 0.292. The number of benzene rings is 3. The molecule has 2 aromatic heterocycles. The lowest BCUT2D eigenvalue weighted by molar-refractivity contribution is -0.137. The van der Waals surface area contributed by atoms with Crippen LogP contribution in [0.15, 0.2) is 78.9 Å². The van der Waals surface area contributed by atoms with Gasteiger partial charge in [-0.2, -0.15) is 13.2 Å². The first-order valence-electron chi connectivity index (χ1n) is 10.1. The number of esters is 1. The monoisotopic (exact) mass is 480 g/mol. The number of para-hydroxylation sites is 1. The second-order valence-electron chi connectivity index (χ2n) is 7.24. The van der Waals surface area contributed by atoms with Gasteiger partial charge in [-0.3, -0.25) is 0 Å². The number of halogens is 3. The molecule has 3 aromatic carbocycles. The molecule has 6 nitrogen and oxygen atoms in total. The van der Waals surface area contributed by atoms with E-state index in [1.165, 1.54) is 28.2 Å². The molecule has 0 fully saturated rings. The van der Waals surface area contributed by atoms with Crippen LogP contribution in [0.2, 0.25) is 0 Å². The normalized spacial score (nSPS) is 11.6. The van der Waals surface area contributed by atoms with Crippen LogP contribution in [0, 0.1) is 0 Å². The number of fused-ring (bicyclic) bond motifs is 1. The third-order valence-electron chi connectivity index (χ3n) is 4.90. The number of nitrogens with zero attached hydrogens (tertiary/aromatic N) is 4. The second kappa shape index (κ2) is 8.71. The van der Waals surface area contributed by atoms with E-state index in [1.54, 1.807) is 30.3 Å². The Morgan fingerprint density at radius 1 is 0.941 bits per heavy atom. The number of aromatic nitrogens is 4. The summed E-state index contributed by atoms with van der Waals surface area (Å²) in [5, 5.41) is 4.79. The highest BCUT2D eigenvalue weighted by molar-refractivity contribution is 7.18. The molecule has 0 saturated carbocycles. The molecule has 0 unspecified atom stereocenters. The Balaban J connectivity index is 1.47. The van der Waals surface area contributed by atoms with Gasteiger partial charge in [0.25, 0.3) is 5.82 Å². The van der Waals surface area contributed by atoms with Gasteiger partial charge in [-0.05, 0) is 30.3 Å². The van der Waals surface area contributed by atoms with Gasteiger partial charge in [-0.1, -0.05) is 48.5 Å². The van der Waals surface area contributed by atoms with Gasteiger partial charge in [0.15, 0.2) is 5.82 Å². The molecule has 0 amide bonds. The van der Waals surface area contributed by atoms with E-state index in [1.807, 2.05) is 24.3 Å². The zero-order valence-corrected chi connectivity index (χ0v) is 18.2. The lowest BCUT2D eigenvalue weighted by atomic mass is 10.2. The molecular formula is C24H15F3N4O2S. The fourth-order valence-corrected chi connectivity index (χ4v) is 4.22. The number of hydrogen-bond donors (Lipinski definition) is 0. The number of carbonyl (C=O) groups excluding carboxylic acids is 1. The Morgan fingerprint density at radius 3 is 2.47 bits per heavy atom. The molecule has 2 heterocycles. The van der Waals surface area contributed by atoms with Crippen molar-refractivity contribution in [2.45, 2.75) is 12.8 Å². The number of ether oxygens (including phenoxy) is 1. The Bertz CT molecular complexity index is 1450. The van der Waals surface area contributed by atoms with Crippen LogP contribution in [-0.4, -0.2) is 25.7 Å². The average Bonchev–Trinajstić information content (AvgIpc) is 3.47. The van der Waals surface area contributed by atoms with Crippen LogP contribution >= 0.6 is 11.3 Å². The van der Waals surface area contributed by atoms with Crippen LogP contribution < -0.4 is 0 Å². The van der Waals surface area contributed by atoms with Crippen molar-refractivity contribution in [2.24, 2.45) is 0 Å². The number of thiazole rings is 1. The second-order valence-corrected chi connectivity index (χ2v) is 8.35. The first-order valence-corrected chi connectivity index (χ1v) is 10.9. The first kappa shape index (κ1) is 21.8. The van der Waals surface area contributed by atoms with E-state index in [0.717, 1.165) is 22.3 Å². The Hall–Kier alpha value is -4.05. The highest BCUT2D eigenvalue weighted by Gasteiger charge is 2.31.